The lowest BCUT2D eigenvalue weighted by molar-refractivity contribution is 0.251. The van der Waals surface area contributed by atoms with Gasteiger partial charge < -0.3 is 10.4 Å². The number of aliphatic hydroxyl groups is 1. The highest BCUT2D eigenvalue weighted by molar-refractivity contribution is 5.15. The summed E-state index contributed by atoms with van der Waals surface area (Å²) in [5.41, 5.74) is 1.22. The summed E-state index contributed by atoms with van der Waals surface area (Å²) in [5.74, 6) is 0. The number of hydrogen-bond acceptors (Lipinski definition) is 3. The third-order valence-electron chi connectivity index (χ3n) is 2.55. The van der Waals surface area contributed by atoms with Crippen molar-refractivity contribution in [2.45, 2.75) is 24.9 Å². The van der Waals surface area contributed by atoms with Crippen LogP contribution in [0.3, 0.4) is 0 Å². The molecule has 1 saturated heterocycles. The summed E-state index contributed by atoms with van der Waals surface area (Å²) in [6.07, 6.45) is 5.81. The Balaban J connectivity index is 2.04. The second-order valence-electron chi connectivity index (χ2n) is 3.46. The van der Waals surface area contributed by atoms with Gasteiger partial charge in [0, 0.05) is 24.5 Å². The Kier molecular flexibility index (Phi) is 2.57. The van der Waals surface area contributed by atoms with E-state index in [9.17, 15) is 0 Å². The molecule has 1 aromatic rings. The van der Waals surface area contributed by atoms with Crippen LogP contribution in [0.2, 0.25) is 0 Å². The van der Waals surface area contributed by atoms with Crippen molar-refractivity contribution in [3.05, 3.63) is 30.1 Å². The van der Waals surface area contributed by atoms with Crippen molar-refractivity contribution < 1.29 is 5.11 Å². The first-order valence-electron chi connectivity index (χ1n) is 4.67. The average Bonchev–Trinajstić information content (AvgIpc) is 2.67. The van der Waals surface area contributed by atoms with E-state index in [4.69, 9.17) is 5.11 Å². The zero-order valence-electron chi connectivity index (χ0n) is 7.48. The molecule has 0 radical (unpaired) electrons. The molecule has 1 fully saturated rings. The van der Waals surface area contributed by atoms with Gasteiger partial charge in [-0.3, -0.25) is 4.98 Å². The molecule has 3 heteroatoms. The van der Waals surface area contributed by atoms with Crippen LogP contribution >= 0.6 is 0 Å². The van der Waals surface area contributed by atoms with Crippen LogP contribution in [0.15, 0.2) is 24.5 Å². The van der Waals surface area contributed by atoms with Gasteiger partial charge >= 0.3 is 0 Å². The molecule has 0 spiro atoms. The summed E-state index contributed by atoms with van der Waals surface area (Å²) in [7, 11) is 0. The lowest BCUT2D eigenvalue weighted by Crippen LogP contribution is -2.27. The number of rotatable bonds is 2. The third kappa shape index (κ3) is 1.87. The fraction of sp³-hybridized carbons (Fsp3) is 0.500. The molecule has 13 heavy (non-hydrogen) atoms. The van der Waals surface area contributed by atoms with Crippen molar-refractivity contribution in [2.24, 2.45) is 0 Å². The number of hydrogen-bond donors (Lipinski definition) is 2. The van der Waals surface area contributed by atoms with Crippen LogP contribution in [0, 0.1) is 0 Å². The van der Waals surface area contributed by atoms with Crippen molar-refractivity contribution >= 4 is 0 Å². The first-order chi connectivity index (χ1) is 6.40. The summed E-state index contributed by atoms with van der Waals surface area (Å²) >= 11 is 0. The van der Waals surface area contributed by atoms with Gasteiger partial charge in [0.1, 0.15) is 0 Å². The summed E-state index contributed by atoms with van der Waals surface area (Å²) in [6.45, 7) is 0.233. The van der Waals surface area contributed by atoms with E-state index in [1.54, 1.807) is 6.20 Å². The summed E-state index contributed by atoms with van der Waals surface area (Å²) < 4.78 is 0. The Bertz CT molecular complexity index is 263. The van der Waals surface area contributed by atoms with Crippen LogP contribution < -0.4 is 5.32 Å². The largest absolute Gasteiger partial charge is 0.395 e. The van der Waals surface area contributed by atoms with Gasteiger partial charge in [0.15, 0.2) is 0 Å². The van der Waals surface area contributed by atoms with Gasteiger partial charge in [-0.25, -0.2) is 0 Å². The molecule has 2 rings (SSSR count). The monoisotopic (exact) mass is 178 g/mol. The number of aromatic nitrogens is 1. The molecule has 70 valence electrons. The number of pyridine rings is 1. The highest BCUT2D eigenvalue weighted by Gasteiger charge is 2.23. The van der Waals surface area contributed by atoms with E-state index in [2.05, 4.69) is 16.4 Å². The fourth-order valence-corrected chi connectivity index (χ4v) is 1.81. The van der Waals surface area contributed by atoms with Crippen molar-refractivity contribution in [2.75, 3.05) is 6.61 Å². The maximum atomic E-state index is 8.95. The first-order valence-corrected chi connectivity index (χ1v) is 4.67. The van der Waals surface area contributed by atoms with Crippen molar-refractivity contribution in [3.63, 3.8) is 0 Å². The number of nitrogens with zero attached hydrogens (tertiary/aromatic N) is 1. The van der Waals surface area contributed by atoms with Crippen LogP contribution in [-0.4, -0.2) is 22.7 Å². The summed E-state index contributed by atoms with van der Waals surface area (Å²) in [4.78, 5) is 4.08. The molecule has 0 aliphatic carbocycles. The van der Waals surface area contributed by atoms with Crippen LogP contribution in [0.1, 0.15) is 24.4 Å². The van der Waals surface area contributed by atoms with E-state index < -0.39 is 0 Å². The SMILES string of the molecule is OCC1CCC(c2cccnc2)N1. The molecule has 0 amide bonds. The average molecular weight is 178 g/mol. The Morgan fingerprint density at radius 3 is 3.08 bits per heavy atom. The topological polar surface area (TPSA) is 45.2 Å². The zero-order valence-corrected chi connectivity index (χ0v) is 7.48. The predicted molar refractivity (Wildman–Crippen MR) is 50.2 cm³/mol. The molecule has 1 aromatic heterocycles. The molecular weight excluding hydrogens is 164 g/mol. The molecule has 2 unspecified atom stereocenters. The lowest BCUT2D eigenvalue weighted by atomic mass is 10.1. The van der Waals surface area contributed by atoms with E-state index in [1.165, 1.54) is 5.56 Å². The fourth-order valence-electron chi connectivity index (χ4n) is 1.81. The Morgan fingerprint density at radius 1 is 1.54 bits per heavy atom. The summed E-state index contributed by atoms with van der Waals surface area (Å²) in [6, 6.07) is 4.67. The quantitative estimate of drug-likeness (QED) is 0.706. The molecule has 1 aliphatic heterocycles. The normalized spacial score (nSPS) is 27.8. The van der Waals surface area contributed by atoms with Crippen LogP contribution in [0.4, 0.5) is 0 Å². The zero-order chi connectivity index (χ0) is 9.10. The van der Waals surface area contributed by atoms with Crippen LogP contribution in [0.25, 0.3) is 0 Å². The lowest BCUT2D eigenvalue weighted by Gasteiger charge is -2.11. The van der Waals surface area contributed by atoms with Gasteiger partial charge in [-0.2, -0.15) is 0 Å². The molecule has 1 aliphatic rings. The number of nitrogens with one attached hydrogen (secondary N) is 1. The molecule has 2 heterocycles. The molecule has 2 atom stereocenters. The van der Waals surface area contributed by atoms with Crippen LogP contribution in [-0.2, 0) is 0 Å². The van der Waals surface area contributed by atoms with Crippen molar-refractivity contribution in [3.8, 4) is 0 Å². The second kappa shape index (κ2) is 3.85. The van der Waals surface area contributed by atoms with Crippen molar-refractivity contribution in [1.82, 2.24) is 10.3 Å². The Hall–Kier alpha value is -0.930. The van der Waals surface area contributed by atoms with Gasteiger partial charge in [0.2, 0.25) is 0 Å². The van der Waals surface area contributed by atoms with Gasteiger partial charge in [-0.15, -0.1) is 0 Å². The van der Waals surface area contributed by atoms with Gasteiger partial charge in [0.05, 0.1) is 6.61 Å². The molecular formula is C10H14N2O. The highest BCUT2D eigenvalue weighted by Crippen LogP contribution is 2.25. The second-order valence-corrected chi connectivity index (χ2v) is 3.46. The van der Waals surface area contributed by atoms with Gasteiger partial charge in [0.25, 0.3) is 0 Å². The number of aliphatic hydroxyl groups excluding tert-OH is 1. The standard InChI is InChI=1S/C10H14N2O/c13-7-9-3-4-10(12-9)8-2-1-5-11-6-8/h1-2,5-6,9-10,12-13H,3-4,7H2. The minimum Gasteiger partial charge on any atom is -0.395 e. The molecule has 3 nitrogen and oxygen atoms in total. The maximum absolute atomic E-state index is 8.95. The smallest absolute Gasteiger partial charge is 0.0584 e. The Labute approximate surface area is 77.8 Å². The van der Waals surface area contributed by atoms with E-state index in [-0.39, 0.29) is 12.6 Å². The van der Waals surface area contributed by atoms with E-state index in [0.29, 0.717) is 6.04 Å². The molecule has 0 bridgehead atoms. The Morgan fingerprint density at radius 2 is 2.46 bits per heavy atom. The van der Waals surface area contributed by atoms with Crippen molar-refractivity contribution in [1.29, 1.82) is 0 Å². The maximum Gasteiger partial charge on any atom is 0.0584 e. The third-order valence-corrected chi connectivity index (χ3v) is 2.55. The molecule has 0 saturated carbocycles. The minimum atomic E-state index is 0.233. The van der Waals surface area contributed by atoms with E-state index >= 15 is 0 Å². The molecule has 0 aromatic carbocycles. The minimum absolute atomic E-state index is 0.233. The van der Waals surface area contributed by atoms with Gasteiger partial charge in [-0.05, 0) is 24.5 Å². The first kappa shape index (κ1) is 8.66. The predicted octanol–water partition coefficient (Wildman–Crippen LogP) is 0.867. The van der Waals surface area contributed by atoms with Gasteiger partial charge in [-0.1, -0.05) is 6.07 Å². The van der Waals surface area contributed by atoms with E-state index in [1.807, 2.05) is 12.3 Å². The van der Waals surface area contributed by atoms with E-state index in [0.717, 1.165) is 12.8 Å². The molecule has 2 N–H and O–H groups in total. The summed E-state index contributed by atoms with van der Waals surface area (Å²) in [5, 5.41) is 12.3. The van der Waals surface area contributed by atoms with Crippen LogP contribution in [0.5, 0.6) is 0 Å². The highest BCUT2D eigenvalue weighted by atomic mass is 16.3.